The number of halogens is 2. The van der Waals surface area contributed by atoms with E-state index in [0.29, 0.717) is 16.6 Å². The zero-order valence-electron chi connectivity index (χ0n) is 9.59. The van der Waals surface area contributed by atoms with Crippen molar-refractivity contribution < 1.29 is 9.13 Å². The molecule has 0 bridgehead atoms. The first-order chi connectivity index (χ1) is 7.70. The van der Waals surface area contributed by atoms with Gasteiger partial charge in [-0.3, -0.25) is 0 Å². The highest BCUT2D eigenvalue weighted by molar-refractivity contribution is 9.10. The predicted molar refractivity (Wildman–Crippen MR) is 67.0 cm³/mol. The summed E-state index contributed by atoms with van der Waals surface area (Å²) >= 11 is 3.20. The Labute approximate surface area is 104 Å². The SMILES string of the molecule is CNC(CCCOC)c1cccc(Br)c1F. The molecular weight excluding hydrogens is 273 g/mol. The van der Waals surface area contributed by atoms with Crippen molar-refractivity contribution in [3.63, 3.8) is 0 Å². The van der Waals surface area contributed by atoms with Crippen LogP contribution in [-0.2, 0) is 4.74 Å². The third-order valence-corrected chi connectivity index (χ3v) is 3.16. The number of nitrogens with one attached hydrogen (secondary N) is 1. The molecule has 0 saturated heterocycles. The molecule has 16 heavy (non-hydrogen) atoms. The summed E-state index contributed by atoms with van der Waals surface area (Å²) in [7, 11) is 3.52. The van der Waals surface area contributed by atoms with Crippen molar-refractivity contribution in [2.75, 3.05) is 20.8 Å². The fraction of sp³-hybridized carbons (Fsp3) is 0.500. The van der Waals surface area contributed by atoms with E-state index in [2.05, 4.69) is 21.2 Å². The molecule has 1 atom stereocenters. The molecule has 1 N–H and O–H groups in total. The van der Waals surface area contributed by atoms with E-state index in [9.17, 15) is 4.39 Å². The topological polar surface area (TPSA) is 21.3 Å². The van der Waals surface area contributed by atoms with Crippen LogP contribution in [0.4, 0.5) is 4.39 Å². The van der Waals surface area contributed by atoms with Gasteiger partial charge < -0.3 is 10.1 Å². The van der Waals surface area contributed by atoms with Gasteiger partial charge in [-0.2, -0.15) is 0 Å². The second-order valence-electron chi connectivity index (χ2n) is 3.62. The van der Waals surface area contributed by atoms with Crippen molar-refractivity contribution in [1.29, 1.82) is 0 Å². The highest BCUT2D eigenvalue weighted by Gasteiger charge is 2.15. The Balaban J connectivity index is 2.74. The van der Waals surface area contributed by atoms with Crippen LogP contribution in [0.3, 0.4) is 0 Å². The summed E-state index contributed by atoms with van der Waals surface area (Å²) in [5.41, 5.74) is 0.702. The minimum Gasteiger partial charge on any atom is -0.385 e. The minimum absolute atomic E-state index is 0.0349. The lowest BCUT2D eigenvalue weighted by Gasteiger charge is -2.17. The smallest absolute Gasteiger partial charge is 0.142 e. The molecule has 4 heteroatoms. The molecule has 2 nitrogen and oxygen atoms in total. The summed E-state index contributed by atoms with van der Waals surface area (Å²) in [5, 5.41) is 3.13. The van der Waals surface area contributed by atoms with Gasteiger partial charge in [0, 0.05) is 25.3 Å². The van der Waals surface area contributed by atoms with E-state index in [-0.39, 0.29) is 11.9 Å². The van der Waals surface area contributed by atoms with E-state index in [1.54, 1.807) is 13.2 Å². The van der Waals surface area contributed by atoms with Gasteiger partial charge in [0.2, 0.25) is 0 Å². The molecule has 0 aliphatic carbocycles. The average molecular weight is 290 g/mol. The first-order valence-corrected chi connectivity index (χ1v) is 6.10. The molecule has 1 rings (SSSR count). The lowest BCUT2D eigenvalue weighted by Crippen LogP contribution is -2.18. The second-order valence-corrected chi connectivity index (χ2v) is 4.47. The molecule has 1 aromatic carbocycles. The quantitative estimate of drug-likeness (QED) is 0.812. The molecular formula is C12H17BrFNO. The van der Waals surface area contributed by atoms with Crippen LogP contribution in [0.25, 0.3) is 0 Å². The number of rotatable bonds is 6. The fourth-order valence-corrected chi connectivity index (χ4v) is 2.06. The summed E-state index contributed by atoms with van der Waals surface area (Å²) in [6.07, 6.45) is 1.77. The van der Waals surface area contributed by atoms with Gasteiger partial charge >= 0.3 is 0 Å². The standard InChI is InChI=1S/C12H17BrFNO/c1-15-11(7-4-8-16-2)9-5-3-6-10(13)12(9)14/h3,5-6,11,15H,4,7-8H2,1-2H3. The van der Waals surface area contributed by atoms with Crippen molar-refractivity contribution in [3.8, 4) is 0 Å². The first kappa shape index (κ1) is 13.6. The maximum atomic E-state index is 13.8. The van der Waals surface area contributed by atoms with E-state index >= 15 is 0 Å². The number of methoxy groups -OCH3 is 1. The molecule has 0 radical (unpaired) electrons. The van der Waals surface area contributed by atoms with Crippen LogP contribution in [0.2, 0.25) is 0 Å². The van der Waals surface area contributed by atoms with Crippen LogP contribution >= 0.6 is 15.9 Å². The van der Waals surface area contributed by atoms with E-state index < -0.39 is 0 Å². The highest BCUT2D eigenvalue weighted by atomic mass is 79.9. The van der Waals surface area contributed by atoms with Gasteiger partial charge in [-0.05, 0) is 41.9 Å². The average Bonchev–Trinajstić information content (AvgIpc) is 2.29. The largest absolute Gasteiger partial charge is 0.385 e. The molecule has 0 aromatic heterocycles. The van der Waals surface area contributed by atoms with E-state index in [1.807, 2.05) is 19.2 Å². The van der Waals surface area contributed by atoms with E-state index in [0.717, 1.165) is 12.8 Å². The Bertz CT molecular complexity index is 333. The molecule has 0 aliphatic heterocycles. The summed E-state index contributed by atoms with van der Waals surface area (Å²) in [6, 6.07) is 5.41. The summed E-state index contributed by atoms with van der Waals surface area (Å²) < 4.78 is 19.3. The molecule has 0 amide bonds. The predicted octanol–water partition coefficient (Wildman–Crippen LogP) is 3.28. The van der Waals surface area contributed by atoms with Crippen molar-refractivity contribution in [2.24, 2.45) is 0 Å². The maximum Gasteiger partial charge on any atom is 0.142 e. The Morgan fingerprint density at radius 2 is 2.25 bits per heavy atom. The van der Waals surface area contributed by atoms with E-state index in [1.165, 1.54) is 0 Å². The van der Waals surface area contributed by atoms with Crippen LogP contribution < -0.4 is 5.32 Å². The fourth-order valence-electron chi connectivity index (χ4n) is 1.68. The van der Waals surface area contributed by atoms with Gasteiger partial charge in [-0.25, -0.2) is 4.39 Å². The second kappa shape index (κ2) is 6.99. The van der Waals surface area contributed by atoms with Gasteiger partial charge in [0.15, 0.2) is 0 Å². The Morgan fingerprint density at radius 1 is 1.50 bits per heavy atom. The van der Waals surface area contributed by atoms with Gasteiger partial charge in [0.1, 0.15) is 5.82 Å². The number of hydrogen-bond acceptors (Lipinski definition) is 2. The van der Waals surface area contributed by atoms with Crippen LogP contribution in [0.5, 0.6) is 0 Å². The van der Waals surface area contributed by atoms with Crippen molar-refractivity contribution >= 4 is 15.9 Å². The monoisotopic (exact) mass is 289 g/mol. The van der Waals surface area contributed by atoms with Crippen molar-refractivity contribution in [2.45, 2.75) is 18.9 Å². The van der Waals surface area contributed by atoms with Crippen LogP contribution in [0.15, 0.2) is 22.7 Å². The summed E-state index contributed by atoms with van der Waals surface area (Å²) in [5.74, 6) is -0.181. The normalized spacial score (nSPS) is 12.8. The molecule has 0 fully saturated rings. The van der Waals surface area contributed by atoms with Gasteiger partial charge in [0.25, 0.3) is 0 Å². The molecule has 90 valence electrons. The first-order valence-electron chi connectivity index (χ1n) is 5.30. The third kappa shape index (κ3) is 3.54. The lowest BCUT2D eigenvalue weighted by molar-refractivity contribution is 0.189. The molecule has 1 unspecified atom stereocenters. The Kier molecular flexibility index (Phi) is 5.95. The van der Waals surface area contributed by atoms with Gasteiger partial charge in [-0.1, -0.05) is 12.1 Å². The van der Waals surface area contributed by atoms with Gasteiger partial charge in [0.05, 0.1) is 4.47 Å². The molecule has 0 aliphatic rings. The Morgan fingerprint density at radius 3 is 2.88 bits per heavy atom. The van der Waals surface area contributed by atoms with Crippen molar-refractivity contribution in [1.82, 2.24) is 5.32 Å². The molecule has 1 aromatic rings. The number of hydrogen-bond donors (Lipinski definition) is 1. The zero-order valence-corrected chi connectivity index (χ0v) is 11.2. The summed E-state index contributed by atoms with van der Waals surface area (Å²) in [6.45, 7) is 0.702. The highest BCUT2D eigenvalue weighted by Crippen LogP contribution is 2.26. The third-order valence-electron chi connectivity index (χ3n) is 2.55. The van der Waals surface area contributed by atoms with Crippen LogP contribution in [0, 0.1) is 5.82 Å². The molecule has 0 spiro atoms. The zero-order chi connectivity index (χ0) is 12.0. The van der Waals surface area contributed by atoms with Gasteiger partial charge in [-0.15, -0.1) is 0 Å². The Hall–Kier alpha value is -0.450. The lowest BCUT2D eigenvalue weighted by atomic mass is 10.0. The summed E-state index contributed by atoms with van der Waals surface area (Å²) in [4.78, 5) is 0. The number of benzene rings is 1. The van der Waals surface area contributed by atoms with E-state index in [4.69, 9.17) is 4.74 Å². The number of ether oxygens (including phenoxy) is 1. The molecule has 0 heterocycles. The molecule has 0 saturated carbocycles. The van der Waals surface area contributed by atoms with Crippen LogP contribution in [-0.4, -0.2) is 20.8 Å². The maximum absolute atomic E-state index is 13.8. The minimum atomic E-state index is -0.181. The van der Waals surface area contributed by atoms with Crippen LogP contribution in [0.1, 0.15) is 24.4 Å². The van der Waals surface area contributed by atoms with Crippen molar-refractivity contribution in [3.05, 3.63) is 34.1 Å².